The molecule has 0 radical (unpaired) electrons. The Morgan fingerprint density at radius 3 is 2.44 bits per heavy atom. The van der Waals surface area contributed by atoms with Crippen molar-refractivity contribution in [1.82, 2.24) is 10.6 Å². The molecule has 0 saturated heterocycles. The zero-order valence-corrected chi connectivity index (χ0v) is 19.1. The Hall–Kier alpha value is -3.84. The van der Waals surface area contributed by atoms with Crippen LogP contribution in [0, 0.1) is 5.82 Å². The summed E-state index contributed by atoms with van der Waals surface area (Å²) in [5.41, 5.74) is 2.51. The van der Waals surface area contributed by atoms with Crippen LogP contribution in [0.5, 0.6) is 5.75 Å². The molecule has 0 aliphatic carbocycles. The lowest BCUT2D eigenvalue weighted by molar-refractivity contribution is -0.140. The van der Waals surface area contributed by atoms with Gasteiger partial charge < -0.3 is 20.1 Å². The molecule has 2 N–H and O–H groups in total. The SMILES string of the molecule is CC1=C(C(=O)OCc2ccccc2)C(c2ccc(OCc3c(F)cccc3Cl)cc2)NC(=O)N1. The number of hydrogen-bond acceptors (Lipinski definition) is 4. The van der Waals surface area contributed by atoms with Crippen LogP contribution in [-0.2, 0) is 22.7 Å². The maximum Gasteiger partial charge on any atom is 0.338 e. The maximum atomic E-state index is 14.0. The van der Waals surface area contributed by atoms with E-state index in [1.54, 1.807) is 37.3 Å². The predicted molar refractivity (Wildman–Crippen MR) is 126 cm³/mol. The zero-order chi connectivity index (χ0) is 24.1. The highest BCUT2D eigenvalue weighted by Crippen LogP contribution is 2.29. The molecule has 3 aromatic rings. The molecule has 2 amide bonds. The summed E-state index contributed by atoms with van der Waals surface area (Å²) in [7, 11) is 0. The quantitative estimate of drug-likeness (QED) is 0.442. The number of urea groups is 1. The summed E-state index contributed by atoms with van der Waals surface area (Å²) in [4.78, 5) is 25.0. The van der Waals surface area contributed by atoms with Gasteiger partial charge in [0.05, 0.1) is 16.6 Å². The van der Waals surface area contributed by atoms with Crippen molar-refractivity contribution in [2.45, 2.75) is 26.2 Å². The van der Waals surface area contributed by atoms with Crippen molar-refractivity contribution in [2.24, 2.45) is 0 Å². The number of allylic oxidation sites excluding steroid dienone is 1. The van der Waals surface area contributed by atoms with Crippen LogP contribution in [0.2, 0.25) is 5.02 Å². The van der Waals surface area contributed by atoms with E-state index >= 15 is 0 Å². The number of carbonyl (C=O) groups excluding carboxylic acids is 2. The standard InChI is InChI=1S/C26H22ClFN2O4/c1-16-23(25(31)34-14-17-6-3-2-4-7-17)24(30-26(32)29-16)18-10-12-19(13-11-18)33-15-20-21(27)8-5-9-22(20)28/h2-13,24H,14-15H2,1H3,(H2,29,30,32). The molecule has 0 bridgehead atoms. The molecule has 6 nitrogen and oxygen atoms in total. The number of ether oxygens (including phenoxy) is 2. The molecule has 1 atom stereocenters. The number of carbonyl (C=O) groups is 2. The number of rotatable bonds is 7. The summed E-state index contributed by atoms with van der Waals surface area (Å²) in [6.07, 6.45) is 0. The van der Waals surface area contributed by atoms with Crippen LogP contribution in [0.15, 0.2) is 84.1 Å². The Morgan fingerprint density at radius 2 is 1.74 bits per heavy atom. The number of benzene rings is 3. The first-order valence-corrected chi connectivity index (χ1v) is 10.9. The second-order valence-corrected chi connectivity index (χ2v) is 8.10. The highest BCUT2D eigenvalue weighted by molar-refractivity contribution is 6.31. The van der Waals surface area contributed by atoms with Gasteiger partial charge in [-0.3, -0.25) is 0 Å². The number of nitrogens with one attached hydrogen (secondary N) is 2. The topological polar surface area (TPSA) is 76.7 Å². The van der Waals surface area contributed by atoms with Gasteiger partial charge in [0.1, 0.15) is 24.8 Å². The van der Waals surface area contributed by atoms with Gasteiger partial charge in [-0.15, -0.1) is 0 Å². The van der Waals surface area contributed by atoms with Crippen molar-refractivity contribution < 1.29 is 23.5 Å². The summed E-state index contributed by atoms with van der Waals surface area (Å²) < 4.78 is 25.1. The summed E-state index contributed by atoms with van der Waals surface area (Å²) in [5.74, 6) is -0.494. The van der Waals surface area contributed by atoms with E-state index in [2.05, 4.69) is 10.6 Å². The van der Waals surface area contributed by atoms with Gasteiger partial charge in [0, 0.05) is 11.3 Å². The summed E-state index contributed by atoms with van der Waals surface area (Å²) >= 11 is 6.05. The van der Waals surface area contributed by atoms with Crippen molar-refractivity contribution in [3.05, 3.63) is 112 Å². The molecular formula is C26H22ClFN2O4. The molecule has 0 spiro atoms. The molecule has 34 heavy (non-hydrogen) atoms. The van der Waals surface area contributed by atoms with Crippen molar-refractivity contribution in [1.29, 1.82) is 0 Å². The Kier molecular flexibility index (Phi) is 7.13. The number of amides is 2. The second kappa shape index (κ2) is 10.4. The highest BCUT2D eigenvalue weighted by Gasteiger charge is 2.32. The van der Waals surface area contributed by atoms with Gasteiger partial charge in [0.15, 0.2) is 0 Å². The van der Waals surface area contributed by atoms with Crippen LogP contribution in [-0.4, -0.2) is 12.0 Å². The van der Waals surface area contributed by atoms with E-state index < -0.39 is 23.9 Å². The van der Waals surface area contributed by atoms with Crippen LogP contribution in [0.4, 0.5) is 9.18 Å². The minimum Gasteiger partial charge on any atom is -0.489 e. The Bertz CT molecular complexity index is 1210. The van der Waals surface area contributed by atoms with Crippen LogP contribution in [0.25, 0.3) is 0 Å². The van der Waals surface area contributed by atoms with Crippen molar-refractivity contribution >= 4 is 23.6 Å². The largest absolute Gasteiger partial charge is 0.489 e. The van der Waals surface area contributed by atoms with Gasteiger partial charge in [-0.2, -0.15) is 0 Å². The molecule has 1 heterocycles. The molecular weight excluding hydrogens is 459 g/mol. The van der Waals surface area contributed by atoms with Crippen molar-refractivity contribution in [3.63, 3.8) is 0 Å². The van der Waals surface area contributed by atoms with E-state index in [1.165, 1.54) is 12.1 Å². The number of hydrogen-bond donors (Lipinski definition) is 2. The third-order valence-electron chi connectivity index (χ3n) is 5.36. The van der Waals surface area contributed by atoms with E-state index in [0.717, 1.165) is 5.56 Å². The average Bonchev–Trinajstić information content (AvgIpc) is 2.83. The summed E-state index contributed by atoms with van der Waals surface area (Å²) in [5, 5.41) is 5.68. The van der Waals surface area contributed by atoms with Crippen molar-refractivity contribution in [3.8, 4) is 5.75 Å². The second-order valence-electron chi connectivity index (χ2n) is 7.69. The smallest absolute Gasteiger partial charge is 0.338 e. The van der Waals surface area contributed by atoms with E-state index in [1.807, 2.05) is 30.3 Å². The highest BCUT2D eigenvalue weighted by atomic mass is 35.5. The third-order valence-corrected chi connectivity index (χ3v) is 5.71. The fourth-order valence-corrected chi connectivity index (χ4v) is 3.82. The van der Waals surface area contributed by atoms with Gasteiger partial charge in [-0.25, -0.2) is 14.0 Å². The Labute approximate surface area is 201 Å². The molecule has 0 aromatic heterocycles. The van der Waals surface area contributed by atoms with Crippen LogP contribution < -0.4 is 15.4 Å². The third kappa shape index (κ3) is 5.38. The van der Waals surface area contributed by atoms with E-state index in [4.69, 9.17) is 21.1 Å². The van der Waals surface area contributed by atoms with Gasteiger partial charge in [-0.1, -0.05) is 60.1 Å². The first-order chi connectivity index (χ1) is 16.4. The first kappa shape index (κ1) is 23.3. The normalized spacial score (nSPS) is 15.4. The predicted octanol–water partition coefficient (Wildman–Crippen LogP) is 5.43. The van der Waals surface area contributed by atoms with Gasteiger partial charge >= 0.3 is 12.0 Å². The van der Waals surface area contributed by atoms with Gasteiger partial charge in [-0.05, 0) is 42.3 Å². The molecule has 8 heteroatoms. The fourth-order valence-electron chi connectivity index (χ4n) is 3.60. The zero-order valence-electron chi connectivity index (χ0n) is 18.3. The lowest BCUT2D eigenvalue weighted by Crippen LogP contribution is -2.45. The molecule has 1 aliphatic rings. The molecule has 174 valence electrons. The Morgan fingerprint density at radius 1 is 1.00 bits per heavy atom. The summed E-state index contributed by atoms with van der Waals surface area (Å²) in [6.45, 7) is 1.73. The minimum absolute atomic E-state index is 0.0367. The maximum absolute atomic E-state index is 14.0. The average molecular weight is 481 g/mol. The number of halogens is 2. The number of esters is 1. The van der Waals surface area contributed by atoms with E-state index in [0.29, 0.717) is 22.6 Å². The molecule has 1 unspecified atom stereocenters. The monoisotopic (exact) mass is 480 g/mol. The molecule has 0 saturated carbocycles. The van der Waals surface area contributed by atoms with E-state index in [-0.39, 0.29) is 23.8 Å². The van der Waals surface area contributed by atoms with Crippen LogP contribution >= 0.6 is 11.6 Å². The fraction of sp³-hybridized carbons (Fsp3) is 0.154. The molecule has 4 rings (SSSR count). The first-order valence-electron chi connectivity index (χ1n) is 10.6. The van der Waals surface area contributed by atoms with Gasteiger partial charge in [0.25, 0.3) is 0 Å². The minimum atomic E-state index is -0.702. The molecule has 0 fully saturated rings. The lowest BCUT2D eigenvalue weighted by Gasteiger charge is -2.28. The Balaban J connectivity index is 1.49. The molecule has 3 aromatic carbocycles. The van der Waals surface area contributed by atoms with Crippen molar-refractivity contribution in [2.75, 3.05) is 0 Å². The van der Waals surface area contributed by atoms with Crippen LogP contribution in [0.3, 0.4) is 0 Å². The summed E-state index contributed by atoms with van der Waals surface area (Å²) in [6, 6.07) is 19.5. The van der Waals surface area contributed by atoms with E-state index in [9.17, 15) is 14.0 Å². The molecule has 1 aliphatic heterocycles. The lowest BCUT2D eigenvalue weighted by atomic mass is 9.95. The van der Waals surface area contributed by atoms with Crippen LogP contribution in [0.1, 0.15) is 29.7 Å². The van der Waals surface area contributed by atoms with Gasteiger partial charge in [0.2, 0.25) is 0 Å².